The summed E-state index contributed by atoms with van der Waals surface area (Å²) in [6.45, 7) is 3.26. The molecule has 0 aliphatic rings. The average Bonchev–Trinajstić information content (AvgIpc) is 2.27. The maximum Gasteiger partial charge on any atom is 0.0431 e. The Kier molecular flexibility index (Phi) is 18.7. The summed E-state index contributed by atoms with van der Waals surface area (Å²) in [6, 6.07) is 0.258. The Bertz CT molecular complexity index is 101. The van der Waals surface area contributed by atoms with E-state index in [0.717, 1.165) is 45.1 Å². The molecule has 0 rings (SSSR count). The van der Waals surface area contributed by atoms with Gasteiger partial charge in [0.05, 0.1) is 0 Å². The van der Waals surface area contributed by atoms with Crippen molar-refractivity contribution in [2.24, 2.45) is 11.5 Å². The maximum absolute atomic E-state index is 8.51. The van der Waals surface area contributed by atoms with Crippen LogP contribution in [0.4, 0.5) is 0 Å². The molecular formula is C11H28N2O2. The van der Waals surface area contributed by atoms with Crippen molar-refractivity contribution in [3.05, 3.63) is 0 Å². The zero-order valence-electron chi connectivity index (χ0n) is 9.99. The third-order valence-electron chi connectivity index (χ3n) is 1.99. The van der Waals surface area contributed by atoms with Crippen LogP contribution in [0.1, 0.15) is 45.4 Å². The van der Waals surface area contributed by atoms with Crippen molar-refractivity contribution in [1.29, 1.82) is 0 Å². The number of hydrogen-bond acceptors (Lipinski definition) is 4. The Hall–Kier alpha value is -0.160. The topological polar surface area (TPSA) is 92.5 Å². The molecule has 0 aliphatic heterocycles. The Morgan fingerprint density at radius 1 is 1.00 bits per heavy atom. The first-order valence-corrected chi connectivity index (χ1v) is 5.90. The molecule has 1 atom stereocenters. The molecule has 4 heteroatoms. The number of aliphatic hydroxyl groups excluding tert-OH is 2. The van der Waals surface area contributed by atoms with Crippen LogP contribution in [0.25, 0.3) is 0 Å². The van der Waals surface area contributed by atoms with Crippen LogP contribution in [0.2, 0.25) is 0 Å². The lowest BCUT2D eigenvalue weighted by Crippen LogP contribution is -2.20. The van der Waals surface area contributed by atoms with Gasteiger partial charge in [0.25, 0.3) is 0 Å². The second-order valence-corrected chi connectivity index (χ2v) is 3.63. The molecule has 0 aromatic rings. The van der Waals surface area contributed by atoms with Crippen molar-refractivity contribution >= 4 is 0 Å². The summed E-state index contributed by atoms with van der Waals surface area (Å²) in [5.41, 5.74) is 11.1. The quantitative estimate of drug-likeness (QED) is 0.451. The summed E-state index contributed by atoms with van der Waals surface area (Å²) in [4.78, 5) is 0. The lowest BCUT2D eigenvalue weighted by atomic mass is 10.1. The van der Waals surface area contributed by atoms with Crippen LogP contribution in [0, 0.1) is 0 Å². The van der Waals surface area contributed by atoms with Crippen LogP contribution in [0.3, 0.4) is 0 Å². The molecule has 0 bridgehead atoms. The normalized spacial score (nSPS) is 11.8. The Labute approximate surface area is 93.7 Å². The van der Waals surface area contributed by atoms with Crippen molar-refractivity contribution in [3.8, 4) is 0 Å². The van der Waals surface area contributed by atoms with E-state index in [-0.39, 0.29) is 12.6 Å². The van der Waals surface area contributed by atoms with Gasteiger partial charge in [0.1, 0.15) is 0 Å². The van der Waals surface area contributed by atoms with Crippen LogP contribution < -0.4 is 11.5 Å². The minimum Gasteiger partial charge on any atom is -0.396 e. The molecule has 0 aliphatic carbocycles. The van der Waals surface area contributed by atoms with E-state index in [1.807, 2.05) is 6.92 Å². The van der Waals surface area contributed by atoms with Crippen molar-refractivity contribution < 1.29 is 10.2 Å². The second kappa shape index (κ2) is 16.3. The molecule has 0 saturated carbocycles. The van der Waals surface area contributed by atoms with E-state index < -0.39 is 0 Å². The Morgan fingerprint density at radius 3 is 1.93 bits per heavy atom. The fourth-order valence-electron chi connectivity index (χ4n) is 1.05. The summed E-state index contributed by atoms with van der Waals surface area (Å²) in [5, 5.41) is 16.4. The summed E-state index contributed by atoms with van der Waals surface area (Å²) < 4.78 is 0. The molecular weight excluding hydrogens is 192 g/mol. The molecule has 94 valence electrons. The van der Waals surface area contributed by atoms with Crippen LogP contribution in [0.5, 0.6) is 0 Å². The highest BCUT2D eigenvalue weighted by molar-refractivity contribution is 4.60. The van der Waals surface area contributed by atoms with Crippen molar-refractivity contribution in [3.63, 3.8) is 0 Å². The fraction of sp³-hybridized carbons (Fsp3) is 1.00. The summed E-state index contributed by atoms with van der Waals surface area (Å²) in [7, 11) is 0. The SMILES string of the molecule is CCCO.NCCCCC(N)CCCO. The van der Waals surface area contributed by atoms with Crippen LogP contribution in [-0.2, 0) is 0 Å². The van der Waals surface area contributed by atoms with Crippen molar-refractivity contribution in [1.82, 2.24) is 0 Å². The average molecular weight is 220 g/mol. The lowest BCUT2D eigenvalue weighted by Gasteiger charge is -2.09. The van der Waals surface area contributed by atoms with Crippen molar-refractivity contribution in [2.45, 2.75) is 51.5 Å². The lowest BCUT2D eigenvalue weighted by molar-refractivity contribution is 0.278. The molecule has 0 heterocycles. The summed E-state index contributed by atoms with van der Waals surface area (Å²) >= 11 is 0. The molecule has 0 radical (unpaired) electrons. The first-order valence-electron chi connectivity index (χ1n) is 5.90. The van der Waals surface area contributed by atoms with E-state index in [9.17, 15) is 0 Å². The smallest absolute Gasteiger partial charge is 0.0431 e. The van der Waals surface area contributed by atoms with Gasteiger partial charge in [0, 0.05) is 19.3 Å². The zero-order valence-corrected chi connectivity index (χ0v) is 9.99. The van der Waals surface area contributed by atoms with E-state index >= 15 is 0 Å². The number of rotatable bonds is 8. The van der Waals surface area contributed by atoms with Crippen LogP contribution in [-0.4, -0.2) is 36.0 Å². The highest BCUT2D eigenvalue weighted by atomic mass is 16.3. The van der Waals surface area contributed by atoms with Gasteiger partial charge in [-0.1, -0.05) is 13.3 Å². The monoisotopic (exact) mass is 220 g/mol. The van der Waals surface area contributed by atoms with Gasteiger partial charge in [0.2, 0.25) is 0 Å². The largest absolute Gasteiger partial charge is 0.396 e. The highest BCUT2D eigenvalue weighted by Crippen LogP contribution is 2.03. The predicted molar refractivity (Wildman–Crippen MR) is 64.6 cm³/mol. The molecule has 0 fully saturated rings. The Balaban J connectivity index is 0. The van der Waals surface area contributed by atoms with Gasteiger partial charge in [-0.3, -0.25) is 0 Å². The first-order chi connectivity index (χ1) is 7.22. The summed E-state index contributed by atoms with van der Waals surface area (Å²) in [6.07, 6.45) is 5.85. The second-order valence-electron chi connectivity index (χ2n) is 3.63. The molecule has 0 spiro atoms. The van der Waals surface area contributed by atoms with Gasteiger partial charge in [-0.05, 0) is 38.6 Å². The Morgan fingerprint density at radius 2 is 1.53 bits per heavy atom. The molecule has 0 saturated heterocycles. The fourth-order valence-corrected chi connectivity index (χ4v) is 1.05. The van der Waals surface area contributed by atoms with E-state index in [4.69, 9.17) is 21.7 Å². The van der Waals surface area contributed by atoms with Gasteiger partial charge < -0.3 is 21.7 Å². The van der Waals surface area contributed by atoms with Gasteiger partial charge in [0.15, 0.2) is 0 Å². The third kappa shape index (κ3) is 20.0. The molecule has 15 heavy (non-hydrogen) atoms. The van der Waals surface area contributed by atoms with Gasteiger partial charge in [-0.2, -0.15) is 0 Å². The van der Waals surface area contributed by atoms with Crippen LogP contribution in [0.15, 0.2) is 0 Å². The minimum atomic E-state index is 0.255. The van der Waals surface area contributed by atoms with Gasteiger partial charge in [-0.15, -0.1) is 0 Å². The van der Waals surface area contributed by atoms with E-state index in [1.54, 1.807) is 0 Å². The molecule has 4 nitrogen and oxygen atoms in total. The zero-order chi connectivity index (χ0) is 11.9. The minimum absolute atomic E-state index is 0.255. The number of aliphatic hydroxyl groups is 2. The molecule has 1 unspecified atom stereocenters. The van der Waals surface area contributed by atoms with Gasteiger partial charge in [-0.25, -0.2) is 0 Å². The highest BCUT2D eigenvalue weighted by Gasteiger charge is 2.00. The third-order valence-corrected chi connectivity index (χ3v) is 1.99. The van der Waals surface area contributed by atoms with Crippen LogP contribution >= 0.6 is 0 Å². The number of hydrogen-bond donors (Lipinski definition) is 4. The molecule has 6 N–H and O–H groups in total. The standard InChI is InChI=1S/C8H20N2O.C3H8O/c9-6-2-1-4-8(10)5-3-7-11;1-2-3-4/h8,11H,1-7,9-10H2;4H,2-3H2,1H3. The molecule has 0 aromatic heterocycles. The molecule has 0 aromatic carbocycles. The maximum atomic E-state index is 8.51. The van der Waals surface area contributed by atoms with E-state index in [2.05, 4.69) is 0 Å². The molecule has 0 amide bonds. The number of unbranched alkanes of at least 4 members (excludes halogenated alkanes) is 1. The first kappa shape index (κ1) is 17.2. The van der Waals surface area contributed by atoms with Gasteiger partial charge >= 0.3 is 0 Å². The van der Waals surface area contributed by atoms with E-state index in [1.165, 1.54) is 0 Å². The predicted octanol–water partition coefficient (Wildman–Crippen LogP) is 0.604. The number of nitrogens with two attached hydrogens (primary N) is 2. The summed E-state index contributed by atoms with van der Waals surface area (Å²) in [5.74, 6) is 0. The van der Waals surface area contributed by atoms with E-state index in [0.29, 0.717) is 6.61 Å². The van der Waals surface area contributed by atoms with Crippen molar-refractivity contribution in [2.75, 3.05) is 19.8 Å².